The van der Waals surface area contributed by atoms with Crippen molar-refractivity contribution in [3.8, 4) is 0 Å². The number of hydrogen-bond acceptors (Lipinski definition) is 6. The van der Waals surface area contributed by atoms with E-state index in [1.807, 2.05) is 0 Å². The van der Waals surface area contributed by atoms with Crippen LogP contribution in [0.3, 0.4) is 0 Å². The molecule has 11 heteroatoms. The van der Waals surface area contributed by atoms with Crippen molar-refractivity contribution in [2.45, 2.75) is 24.4 Å². The number of carboxylic acids is 1. The summed E-state index contributed by atoms with van der Waals surface area (Å²) in [6, 6.07) is -0.592. The average Bonchev–Trinajstić information content (AvgIpc) is 2.97. The van der Waals surface area contributed by atoms with Crippen LogP contribution in [-0.4, -0.2) is 44.0 Å². The molecule has 2 rings (SSSR count). The summed E-state index contributed by atoms with van der Waals surface area (Å²) in [4.78, 5) is 10.4. The van der Waals surface area contributed by atoms with E-state index in [-0.39, 0.29) is 4.90 Å². The zero-order valence-electron chi connectivity index (χ0n) is 11.3. The Morgan fingerprint density at radius 1 is 1.52 bits per heavy atom. The van der Waals surface area contributed by atoms with E-state index in [0.29, 0.717) is 5.82 Å². The number of aromatic nitrogens is 5. The van der Waals surface area contributed by atoms with Gasteiger partial charge >= 0.3 is 5.97 Å². The number of rotatable bonds is 6. The van der Waals surface area contributed by atoms with Crippen LogP contribution in [0.25, 0.3) is 0 Å². The molecule has 21 heavy (non-hydrogen) atoms. The third kappa shape index (κ3) is 3.44. The predicted molar refractivity (Wildman–Crippen MR) is 69.6 cm³/mol. The van der Waals surface area contributed by atoms with Gasteiger partial charge in [0.1, 0.15) is 23.6 Å². The van der Waals surface area contributed by atoms with E-state index in [2.05, 4.69) is 20.0 Å². The smallest absolute Gasteiger partial charge is 0.325 e. The fourth-order valence-corrected chi connectivity index (χ4v) is 2.90. The molecule has 0 bridgehead atoms. The second kappa shape index (κ2) is 5.61. The van der Waals surface area contributed by atoms with E-state index in [1.54, 1.807) is 18.5 Å². The molecule has 2 heterocycles. The van der Waals surface area contributed by atoms with Crippen molar-refractivity contribution in [1.82, 2.24) is 29.3 Å². The minimum Gasteiger partial charge on any atom is -0.480 e. The summed E-state index contributed by atoms with van der Waals surface area (Å²) in [5, 5.41) is 19.8. The van der Waals surface area contributed by atoms with Gasteiger partial charge in [-0.15, -0.1) is 10.2 Å². The number of aliphatic carboxylic acids is 1. The Bertz CT molecular complexity index is 749. The lowest BCUT2D eigenvalue weighted by atomic mass is 10.3. The van der Waals surface area contributed by atoms with Crippen molar-refractivity contribution in [2.24, 2.45) is 7.05 Å². The Morgan fingerprint density at radius 2 is 2.24 bits per heavy atom. The van der Waals surface area contributed by atoms with Gasteiger partial charge in [0.25, 0.3) is 0 Å². The molecule has 2 aromatic rings. The maximum absolute atomic E-state index is 12.2. The van der Waals surface area contributed by atoms with E-state index in [4.69, 9.17) is 5.11 Å². The summed E-state index contributed by atoms with van der Waals surface area (Å²) in [5.74, 6) is -0.654. The maximum Gasteiger partial charge on any atom is 0.325 e. The van der Waals surface area contributed by atoms with Gasteiger partial charge in [-0.05, 0) is 6.92 Å². The molecule has 0 saturated carbocycles. The van der Waals surface area contributed by atoms with Gasteiger partial charge in [0.05, 0.1) is 12.2 Å². The zero-order valence-corrected chi connectivity index (χ0v) is 12.1. The molecule has 2 aromatic heterocycles. The minimum atomic E-state index is -3.82. The Morgan fingerprint density at radius 3 is 2.81 bits per heavy atom. The van der Waals surface area contributed by atoms with E-state index >= 15 is 0 Å². The van der Waals surface area contributed by atoms with Gasteiger partial charge in [-0.3, -0.25) is 9.48 Å². The summed E-state index contributed by atoms with van der Waals surface area (Å²) in [7, 11) is -2.13. The highest BCUT2D eigenvalue weighted by Gasteiger charge is 2.22. The molecule has 0 aromatic carbocycles. The first-order valence-corrected chi connectivity index (χ1v) is 7.38. The Balaban J connectivity index is 2.16. The number of nitrogens with zero attached hydrogens (tertiary/aromatic N) is 5. The van der Waals surface area contributed by atoms with Crippen LogP contribution in [0.15, 0.2) is 23.6 Å². The summed E-state index contributed by atoms with van der Waals surface area (Å²) >= 11 is 0. The summed E-state index contributed by atoms with van der Waals surface area (Å²) in [6.07, 6.45) is 3.71. The summed E-state index contributed by atoms with van der Waals surface area (Å²) in [5.41, 5.74) is 0. The van der Waals surface area contributed by atoms with Crippen molar-refractivity contribution in [3.63, 3.8) is 0 Å². The van der Waals surface area contributed by atoms with Crippen LogP contribution in [0.4, 0.5) is 0 Å². The largest absolute Gasteiger partial charge is 0.480 e. The molecular weight excluding hydrogens is 300 g/mol. The van der Waals surface area contributed by atoms with Gasteiger partial charge in [0.2, 0.25) is 10.0 Å². The minimum absolute atomic E-state index is 0.113. The molecule has 0 aliphatic heterocycles. The molecule has 10 nitrogen and oxygen atoms in total. The first kappa shape index (κ1) is 15.1. The second-order valence-corrected chi connectivity index (χ2v) is 6.12. The number of carboxylic acid groups (broad SMARTS) is 1. The first-order valence-electron chi connectivity index (χ1n) is 5.90. The standard InChI is InChI=1S/C10H14N6O4S/c1-7(10-13-11-6-15(10)2)14-21(19,20)8-3-12-16(4-8)5-9(17)18/h3-4,6-7,14H,5H2,1-2H3,(H,17,18). The molecule has 0 aliphatic rings. The Labute approximate surface area is 120 Å². The van der Waals surface area contributed by atoms with E-state index < -0.39 is 28.6 Å². The highest BCUT2D eigenvalue weighted by atomic mass is 32.2. The third-order valence-corrected chi connectivity index (χ3v) is 4.18. The van der Waals surface area contributed by atoms with Gasteiger partial charge < -0.3 is 9.67 Å². The maximum atomic E-state index is 12.2. The number of nitrogens with one attached hydrogen (secondary N) is 1. The third-order valence-electron chi connectivity index (χ3n) is 2.68. The lowest BCUT2D eigenvalue weighted by Gasteiger charge is -2.12. The number of carbonyl (C=O) groups is 1. The average molecular weight is 314 g/mol. The first-order chi connectivity index (χ1) is 9.79. The molecule has 0 saturated heterocycles. The molecule has 0 aliphatic carbocycles. The second-order valence-electron chi connectivity index (χ2n) is 4.41. The van der Waals surface area contributed by atoms with Gasteiger partial charge in [-0.2, -0.15) is 5.10 Å². The number of hydrogen-bond donors (Lipinski definition) is 2. The predicted octanol–water partition coefficient (Wildman–Crippen LogP) is -0.864. The van der Waals surface area contributed by atoms with E-state index in [0.717, 1.165) is 17.1 Å². The molecule has 0 radical (unpaired) electrons. The van der Waals surface area contributed by atoms with Gasteiger partial charge in [-0.25, -0.2) is 13.1 Å². The molecule has 0 spiro atoms. The molecular formula is C10H14N6O4S. The monoisotopic (exact) mass is 314 g/mol. The Kier molecular flexibility index (Phi) is 4.04. The van der Waals surface area contributed by atoms with Crippen molar-refractivity contribution >= 4 is 16.0 Å². The highest BCUT2D eigenvalue weighted by molar-refractivity contribution is 7.89. The van der Waals surface area contributed by atoms with Crippen molar-refractivity contribution in [1.29, 1.82) is 0 Å². The van der Waals surface area contributed by atoms with Gasteiger partial charge in [0, 0.05) is 13.2 Å². The van der Waals surface area contributed by atoms with Crippen molar-refractivity contribution in [3.05, 3.63) is 24.5 Å². The van der Waals surface area contributed by atoms with Crippen molar-refractivity contribution < 1.29 is 18.3 Å². The highest BCUT2D eigenvalue weighted by Crippen LogP contribution is 2.14. The van der Waals surface area contributed by atoms with E-state index in [9.17, 15) is 13.2 Å². The summed E-state index contributed by atoms with van der Waals surface area (Å²) < 4.78 is 29.4. The van der Waals surface area contributed by atoms with Crippen LogP contribution in [0, 0.1) is 0 Å². The Hall–Kier alpha value is -2.27. The SMILES string of the molecule is CC(NS(=O)(=O)c1cnn(CC(=O)O)c1)c1nncn1C. The zero-order chi connectivity index (χ0) is 15.6. The summed E-state index contributed by atoms with van der Waals surface area (Å²) in [6.45, 7) is 1.22. The van der Waals surface area contributed by atoms with Crippen LogP contribution in [0.2, 0.25) is 0 Å². The van der Waals surface area contributed by atoms with Crippen molar-refractivity contribution in [2.75, 3.05) is 0 Å². The normalized spacial score (nSPS) is 13.2. The molecule has 114 valence electrons. The quantitative estimate of drug-likeness (QED) is 0.708. The molecule has 2 N–H and O–H groups in total. The van der Waals surface area contributed by atoms with Gasteiger partial charge in [-0.1, -0.05) is 0 Å². The lowest BCUT2D eigenvalue weighted by molar-refractivity contribution is -0.137. The number of aryl methyl sites for hydroxylation is 1. The molecule has 0 amide bonds. The van der Waals surface area contributed by atoms with Crippen LogP contribution in [0.1, 0.15) is 18.8 Å². The van der Waals surface area contributed by atoms with Crippen LogP contribution >= 0.6 is 0 Å². The van der Waals surface area contributed by atoms with Gasteiger partial charge in [0.15, 0.2) is 0 Å². The van der Waals surface area contributed by atoms with Crippen LogP contribution in [-0.2, 0) is 28.4 Å². The van der Waals surface area contributed by atoms with Crippen LogP contribution < -0.4 is 4.72 Å². The molecule has 1 atom stereocenters. The molecule has 1 unspecified atom stereocenters. The topological polar surface area (TPSA) is 132 Å². The van der Waals surface area contributed by atoms with E-state index in [1.165, 1.54) is 6.33 Å². The fraction of sp³-hybridized carbons (Fsp3) is 0.400. The fourth-order valence-electron chi connectivity index (χ4n) is 1.75. The van der Waals surface area contributed by atoms with Crippen LogP contribution in [0.5, 0.6) is 0 Å². The lowest BCUT2D eigenvalue weighted by Crippen LogP contribution is -2.28. The molecule has 0 fully saturated rings. The number of sulfonamides is 1.